The second kappa shape index (κ2) is 7.77. The molecule has 0 bridgehead atoms. The molecule has 0 radical (unpaired) electrons. The Morgan fingerprint density at radius 3 is 1.93 bits per heavy atom. The Labute approximate surface area is 179 Å². The van der Waals surface area contributed by atoms with Crippen molar-refractivity contribution < 1.29 is 8.42 Å². The Bertz CT molecular complexity index is 1210. The molecule has 154 valence electrons. The van der Waals surface area contributed by atoms with Crippen molar-refractivity contribution in [3.8, 4) is 0 Å². The second-order valence-corrected chi connectivity index (χ2v) is 10.0. The van der Waals surface area contributed by atoms with Crippen molar-refractivity contribution in [2.45, 2.75) is 33.6 Å². The van der Waals surface area contributed by atoms with E-state index in [9.17, 15) is 8.42 Å². The summed E-state index contributed by atoms with van der Waals surface area (Å²) in [5, 5.41) is 0. The molecule has 0 atom stereocenters. The molecule has 3 nitrogen and oxygen atoms in total. The summed E-state index contributed by atoms with van der Waals surface area (Å²) in [5.41, 5.74) is 11.8. The predicted octanol–water partition coefficient (Wildman–Crippen LogP) is 5.75. The van der Waals surface area contributed by atoms with E-state index in [0.717, 1.165) is 24.0 Å². The van der Waals surface area contributed by atoms with Gasteiger partial charge in [0.2, 0.25) is 10.0 Å². The zero-order chi connectivity index (χ0) is 21.5. The molecule has 1 N–H and O–H groups in total. The van der Waals surface area contributed by atoms with Gasteiger partial charge in [-0.25, -0.2) is 8.42 Å². The van der Waals surface area contributed by atoms with Crippen LogP contribution in [0.25, 0.3) is 11.1 Å². The normalized spacial score (nSPS) is 13.3. The topological polar surface area (TPSA) is 46.2 Å². The van der Waals surface area contributed by atoms with Crippen LogP contribution in [0, 0.1) is 13.8 Å². The zero-order valence-electron chi connectivity index (χ0n) is 17.9. The third-order valence-corrected chi connectivity index (χ3v) is 6.30. The first-order valence-corrected chi connectivity index (χ1v) is 12.1. The molecule has 0 heterocycles. The zero-order valence-corrected chi connectivity index (χ0v) is 18.7. The number of anilines is 1. The Morgan fingerprint density at radius 1 is 0.833 bits per heavy atom. The minimum absolute atomic E-state index is 0.580. The fourth-order valence-corrected chi connectivity index (χ4v) is 4.89. The molecule has 3 aromatic rings. The lowest BCUT2D eigenvalue weighted by Crippen LogP contribution is -2.09. The number of hydrogen-bond donors (Lipinski definition) is 1. The average molecular weight is 418 g/mol. The van der Waals surface area contributed by atoms with Crippen LogP contribution in [0.2, 0.25) is 0 Å². The lowest BCUT2D eigenvalue weighted by atomic mass is 9.87. The summed E-state index contributed by atoms with van der Waals surface area (Å²) in [4.78, 5) is 0. The summed E-state index contributed by atoms with van der Waals surface area (Å²) in [7, 11) is -3.32. The average Bonchev–Trinajstić information content (AvgIpc) is 2.82. The lowest BCUT2D eigenvalue weighted by molar-refractivity contribution is 0.607. The van der Waals surface area contributed by atoms with Crippen LogP contribution in [0.15, 0.2) is 60.7 Å². The Morgan fingerprint density at radius 2 is 1.40 bits per heavy atom. The van der Waals surface area contributed by atoms with Gasteiger partial charge in [-0.15, -0.1) is 0 Å². The Kier molecular flexibility index (Phi) is 5.29. The molecule has 0 unspecified atom stereocenters. The van der Waals surface area contributed by atoms with Crippen molar-refractivity contribution in [3.05, 3.63) is 99.6 Å². The van der Waals surface area contributed by atoms with E-state index in [-0.39, 0.29) is 0 Å². The van der Waals surface area contributed by atoms with E-state index in [0.29, 0.717) is 5.69 Å². The molecular weight excluding hydrogens is 390 g/mol. The number of fused-ring (bicyclic) bond motifs is 2. The minimum atomic E-state index is -3.32. The number of rotatable bonds is 3. The van der Waals surface area contributed by atoms with Gasteiger partial charge in [0.15, 0.2) is 0 Å². The van der Waals surface area contributed by atoms with E-state index < -0.39 is 10.0 Å². The molecule has 0 aromatic heterocycles. The molecule has 1 aliphatic rings. The molecular formula is C26H27NO2S. The summed E-state index contributed by atoms with van der Waals surface area (Å²) in [5.74, 6) is 0. The quantitative estimate of drug-likeness (QED) is 0.589. The van der Waals surface area contributed by atoms with Gasteiger partial charge in [-0.05, 0) is 84.7 Å². The van der Waals surface area contributed by atoms with Gasteiger partial charge in [0.25, 0.3) is 0 Å². The molecule has 4 heteroatoms. The molecule has 4 rings (SSSR count). The number of benzene rings is 3. The van der Waals surface area contributed by atoms with Gasteiger partial charge in [-0.3, -0.25) is 4.72 Å². The molecule has 1 aliphatic carbocycles. The van der Waals surface area contributed by atoms with E-state index >= 15 is 0 Å². The van der Waals surface area contributed by atoms with Crippen molar-refractivity contribution in [2.24, 2.45) is 0 Å². The monoisotopic (exact) mass is 417 g/mol. The van der Waals surface area contributed by atoms with Gasteiger partial charge < -0.3 is 0 Å². The predicted molar refractivity (Wildman–Crippen MR) is 126 cm³/mol. The van der Waals surface area contributed by atoms with Gasteiger partial charge in [0, 0.05) is 5.69 Å². The summed E-state index contributed by atoms with van der Waals surface area (Å²) in [6.45, 7) is 6.41. The summed E-state index contributed by atoms with van der Waals surface area (Å²) in [6, 6.07) is 21.0. The van der Waals surface area contributed by atoms with Crippen LogP contribution in [0.5, 0.6) is 0 Å². The van der Waals surface area contributed by atoms with Crippen LogP contribution in [0.4, 0.5) is 5.69 Å². The van der Waals surface area contributed by atoms with Gasteiger partial charge in [-0.1, -0.05) is 59.7 Å². The van der Waals surface area contributed by atoms with Crippen molar-refractivity contribution >= 4 is 26.9 Å². The fraction of sp³-hybridized carbons (Fsp3) is 0.231. The Hall–Kier alpha value is -2.85. The smallest absolute Gasteiger partial charge is 0.229 e. The highest BCUT2D eigenvalue weighted by molar-refractivity contribution is 7.92. The summed E-state index contributed by atoms with van der Waals surface area (Å²) >= 11 is 0. The van der Waals surface area contributed by atoms with Crippen molar-refractivity contribution in [2.75, 3.05) is 11.0 Å². The van der Waals surface area contributed by atoms with Crippen molar-refractivity contribution in [3.63, 3.8) is 0 Å². The maximum atomic E-state index is 11.7. The Balaban J connectivity index is 1.96. The van der Waals surface area contributed by atoms with Gasteiger partial charge >= 0.3 is 0 Å². The van der Waals surface area contributed by atoms with E-state index in [1.807, 2.05) is 18.2 Å². The van der Waals surface area contributed by atoms with E-state index in [1.54, 1.807) is 6.07 Å². The molecule has 0 saturated carbocycles. The SMILES string of the molecule is CC(=C1c2ccc(C)cc2CCc2cc(C)ccc21)c1cccc(NS(C)(=O)=O)c1. The number of allylic oxidation sites excluding steroid dienone is 1. The minimum Gasteiger partial charge on any atom is -0.284 e. The fourth-order valence-electron chi connectivity index (χ4n) is 4.34. The highest BCUT2D eigenvalue weighted by Gasteiger charge is 2.21. The number of sulfonamides is 1. The van der Waals surface area contributed by atoms with E-state index in [2.05, 4.69) is 61.9 Å². The van der Waals surface area contributed by atoms with Crippen molar-refractivity contribution in [1.82, 2.24) is 0 Å². The number of aryl methyl sites for hydroxylation is 4. The molecule has 0 spiro atoms. The van der Waals surface area contributed by atoms with Crippen LogP contribution in [-0.2, 0) is 22.9 Å². The highest BCUT2D eigenvalue weighted by Crippen LogP contribution is 2.39. The van der Waals surface area contributed by atoms with Crippen LogP contribution in [-0.4, -0.2) is 14.7 Å². The largest absolute Gasteiger partial charge is 0.284 e. The van der Waals surface area contributed by atoms with Gasteiger partial charge in [-0.2, -0.15) is 0 Å². The first kappa shape index (κ1) is 20.4. The van der Waals surface area contributed by atoms with Gasteiger partial charge in [0.1, 0.15) is 0 Å². The molecule has 0 fully saturated rings. The first-order chi connectivity index (χ1) is 14.2. The highest BCUT2D eigenvalue weighted by atomic mass is 32.2. The number of hydrogen-bond acceptors (Lipinski definition) is 2. The molecule has 0 saturated heterocycles. The van der Waals surface area contributed by atoms with Crippen LogP contribution in [0.1, 0.15) is 45.9 Å². The maximum absolute atomic E-state index is 11.7. The van der Waals surface area contributed by atoms with E-state index in [4.69, 9.17) is 0 Å². The standard InChI is InChI=1S/C26H27NO2S/c1-17-8-12-24-21(14-17)10-11-22-15-18(2)9-13-25(22)26(24)19(3)20-6-5-7-23(16-20)27-30(4,28)29/h5-9,12-16,27H,10-11H2,1-4H3. The third-order valence-electron chi connectivity index (χ3n) is 5.70. The molecule has 0 amide bonds. The van der Waals surface area contributed by atoms with Crippen LogP contribution < -0.4 is 4.72 Å². The van der Waals surface area contributed by atoms with Crippen LogP contribution in [0.3, 0.4) is 0 Å². The third kappa shape index (κ3) is 4.19. The summed E-state index contributed by atoms with van der Waals surface area (Å²) < 4.78 is 26.0. The second-order valence-electron chi connectivity index (χ2n) is 8.28. The molecule has 0 aliphatic heterocycles. The van der Waals surface area contributed by atoms with E-state index in [1.165, 1.54) is 45.2 Å². The lowest BCUT2D eigenvalue weighted by Gasteiger charge is -2.18. The maximum Gasteiger partial charge on any atom is 0.229 e. The number of nitrogens with one attached hydrogen (secondary N) is 1. The first-order valence-electron chi connectivity index (χ1n) is 10.2. The summed E-state index contributed by atoms with van der Waals surface area (Å²) in [6.07, 6.45) is 3.20. The molecule has 30 heavy (non-hydrogen) atoms. The van der Waals surface area contributed by atoms with Gasteiger partial charge in [0.05, 0.1) is 6.26 Å². The molecule has 3 aromatic carbocycles. The van der Waals surface area contributed by atoms with Crippen molar-refractivity contribution in [1.29, 1.82) is 0 Å². The van der Waals surface area contributed by atoms with Crippen LogP contribution >= 0.6 is 0 Å².